The molecule has 0 spiro atoms. The summed E-state index contributed by atoms with van der Waals surface area (Å²) in [5.74, 6) is -1.86. The fourth-order valence-electron chi connectivity index (χ4n) is 5.77. The maximum absolute atomic E-state index is 12.5. The van der Waals surface area contributed by atoms with E-state index in [1.54, 1.807) is 0 Å². The highest BCUT2D eigenvalue weighted by Crippen LogP contribution is 2.64. The Labute approximate surface area is 184 Å². The number of ether oxygens (including phenoxy) is 1. The van der Waals surface area contributed by atoms with Crippen LogP contribution in [0.3, 0.4) is 0 Å². The van der Waals surface area contributed by atoms with Gasteiger partial charge in [-0.3, -0.25) is 4.79 Å². The first-order valence-corrected chi connectivity index (χ1v) is 11.3. The van der Waals surface area contributed by atoms with Crippen molar-refractivity contribution >= 4 is 17.7 Å². The Morgan fingerprint density at radius 3 is 2.61 bits per heavy atom. The SMILES string of the molecule is CCCCC(C)(C)C1=CC(O)C([C@@]2(C)C3CCC(=O)C2C3)C(OC(=O)/C=C/C(=O)O)=C1. The number of hydrogen-bond acceptors (Lipinski definition) is 5. The summed E-state index contributed by atoms with van der Waals surface area (Å²) in [7, 11) is 0. The quantitative estimate of drug-likeness (QED) is 0.442. The number of hydrogen-bond donors (Lipinski definition) is 2. The van der Waals surface area contributed by atoms with Gasteiger partial charge in [-0.15, -0.1) is 0 Å². The van der Waals surface area contributed by atoms with E-state index in [0.29, 0.717) is 12.2 Å². The number of rotatable bonds is 8. The van der Waals surface area contributed by atoms with Crippen molar-refractivity contribution in [1.82, 2.24) is 0 Å². The number of carboxylic acid groups (broad SMARTS) is 1. The zero-order valence-electron chi connectivity index (χ0n) is 18.9. The van der Waals surface area contributed by atoms with E-state index in [2.05, 4.69) is 20.8 Å². The molecule has 170 valence electrons. The van der Waals surface area contributed by atoms with E-state index in [9.17, 15) is 19.5 Å². The van der Waals surface area contributed by atoms with Gasteiger partial charge < -0.3 is 14.9 Å². The van der Waals surface area contributed by atoms with Gasteiger partial charge in [-0.1, -0.05) is 46.6 Å². The Morgan fingerprint density at radius 1 is 1.32 bits per heavy atom. The Bertz CT molecular complexity index is 846. The lowest BCUT2D eigenvalue weighted by Gasteiger charge is -2.61. The van der Waals surface area contributed by atoms with E-state index in [4.69, 9.17) is 9.84 Å². The highest BCUT2D eigenvalue weighted by atomic mass is 16.5. The highest BCUT2D eigenvalue weighted by molar-refractivity contribution is 5.91. The molecular weight excluding hydrogens is 396 g/mol. The zero-order chi connectivity index (χ0) is 23.0. The highest BCUT2D eigenvalue weighted by Gasteiger charge is 2.63. The van der Waals surface area contributed by atoms with Gasteiger partial charge in [0, 0.05) is 24.5 Å². The third-order valence-electron chi connectivity index (χ3n) is 7.76. The maximum Gasteiger partial charge on any atom is 0.336 e. The smallest absolute Gasteiger partial charge is 0.336 e. The number of unbranched alkanes of at least 4 members (excludes halogenated alkanes) is 1. The summed E-state index contributed by atoms with van der Waals surface area (Å²) in [6.45, 7) is 8.35. The second kappa shape index (κ2) is 8.73. The minimum Gasteiger partial charge on any atom is -0.478 e. The predicted molar refractivity (Wildman–Crippen MR) is 116 cm³/mol. The molecule has 4 unspecified atom stereocenters. The number of aliphatic carboxylic acids is 1. The van der Waals surface area contributed by atoms with Gasteiger partial charge in [-0.2, -0.15) is 0 Å². The molecular formula is C25H34O6. The van der Waals surface area contributed by atoms with E-state index in [1.807, 2.05) is 19.1 Å². The van der Waals surface area contributed by atoms with E-state index >= 15 is 0 Å². The Hall–Kier alpha value is -2.21. The molecule has 5 atom stereocenters. The summed E-state index contributed by atoms with van der Waals surface area (Å²) in [6.07, 6.45) is 9.60. The minimum atomic E-state index is -1.24. The van der Waals surface area contributed by atoms with Gasteiger partial charge in [0.1, 0.15) is 11.5 Å². The monoisotopic (exact) mass is 430 g/mol. The van der Waals surface area contributed by atoms with Crippen molar-refractivity contribution in [2.75, 3.05) is 0 Å². The minimum absolute atomic E-state index is 0.148. The van der Waals surface area contributed by atoms with Crippen LogP contribution in [-0.2, 0) is 19.1 Å². The summed E-state index contributed by atoms with van der Waals surface area (Å²) in [4.78, 5) is 35.7. The van der Waals surface area contributed by atoms with Crippen molar-refractivity contribution in [2.24, 2.45) is 28.6 Å². The Morgan fingerprint density at radius 2 is 2.03 bits per heavy atom. The van der Waals surface area contributed by atoms with Crippen LogP contribution in [0.15, 0.2) is 35.6 Å². The number of carbonyl (C=O) groups excluding carboxylic acids is 2. The van der Waals surface area contributed by atoms with Gasteiger partial charge in [-0.25, -0.2) is 9.59 Å². The molecule has 6 nitrogen and oxygen atoms in total. The summed E-state index contributed by atoms with van der Waals surface area (Å²) in [5, 5.41) is 20.1. The molecule has 0 aromatic heterocycles. The second-order valence-corrected chi connectivity index (χ2v) is 10.1. The summed E-state index contributed by atoms with van der Waals surface area (Å²) < 4.78 is 5.64. The number of aliphatic hydroxyl groups excluding tert-OH is 1. The van der Waals surface area contributed by atoms with E-state index < -0.39 is 29.4 Å². The van der Waals surface area contributed by atoms with Gasteiger partial charge in [0.25, 0.3) is 0 Å². The van der Waals surface area contributed by atoms with Gasteiger partial charge in [0.05, 0.1) is 12.0 Å². The predicted octanol–water partition coefficient (Wildman–Crippen LogP) is 4.19. The zero-order valence-corrected chi connectivity index (χ0v) is 18.9. The Kier molecular flexibility index (Phi) is 6.61. The number of allylic oxidation sites excluding steroid dienone is 2. The van der Waals surface area contributed by atoms with E-state index in [0.717, 1.165) is 49.8 Å². The summed E-state index contributed by atoms with van der Waals surface area (Å²) >= 11 is 0. The third-order valence-corrected chi connectivity index (χ3v) is 7.76. The first-order valence-electron chi connectivity index (χ1n) is 11.3. The molecule has 2 N–H and O–H groups in total. The normalized spacial score (nSPS) is 32.9. The molecule has 3 aliphatic carbocycles. The molecule has 31 heavy (non-hydrogen) atoms. The lowest BCUT2D eigenvalue weighted by molar-refractivity contribution is -0.170. The third kappa shape index (κ3) is 4.40. The van der Waals surface area contributed by atoms with Gasteiger partial charge in [0.15, 0.2) is 0 Å². The van der Waals surface area contributed by atoms with E-state index in [1.165, 1.54) is 0 Å². The number of aliphatic hydroxyl groups is 1. The lowest BCUT2D eigenvalue weighted by atomic mass is 9.42. The largest absolute Gasteiger partial charge is 0.478 e. The van der Waals surface area contributed by atoms with Crippen molar-refractivity contribution in [3.8, 4) is 0 Å². The summed E-state index contributed by atoms with van der Waals surface area (Å²) in [5.41, 5.74) is 0.199. The fourth-order valence-corrected chi connectivity index (χ4v) is 5.77. The average Bonchev–Trinajstić information content (AvgIpc) is 2.69. The molecule has 0 aromatic carbocycles. The van der Waals surface area contributed by atoms with Crippen LogP contribution >= 0.6 is 0 Å². The van der Waals surface area contributed by atoms with Crippen LogP contribution in [0.4, 0.5) is 0 Å². The molecule has 0 saturated heterocycles. The van der Waals surface area contributed by atoms with Crippen molar-refractivity contribution < 1.29 is 29.3 Å². The van der Waals surface area contributed by atoms with Crippen LogP contribution in [0, 0.1) is 28.6 Å². The number of fused-ring (bicyclic) bond motifs is 2. The van der Waals surface area contributed by atoms with Crippen LogP contribution < -0.4 is 0 Å². The molecule has 6 heteroatoms. The van der Waals surface area contributed by atoms with Crippen LogP contribution in [0.1, 0.15) is 66.2 Å². The van der Waals surface area contributed by atoms with Crippen molar-refractivity contribution in [3.05, 3.63) is 35.6 Å². The first-order chi connectivity index (χ1) is 14.5. The summed E-state index contributed by atoms with van der Waals surface area (Å²) in [6, 6.07) is 0. The molecule has 2 fully saturated rings. The lowest BCUT2D eigenvalue weighted by Crippen LogP contribution is -2.61. The Balaban J connectivity index is 1.96. The van der Waals surface area contributed by atoms with Crippen LogP contribution in [0.5, 0.6) is 0 Å². The second-order valence-electron chi connectivity index (χ2n) is 10.1. The fraction of sp³-hybridized carbons (Fsp3) is 0.640. The van der Waals surface area contributed by atoms with Crippen molar-refractivity contribution in [2.45, 2.75) is 72.3 Å². The average molecular weight is 431 g/mol. The van der Waals surface area contributed by atoms with Crippen molar-refractivity contribution in [1.29, 1.82) is 0 Å². The molecule has 3 rings (SSSR count). The number of esters is 1. The molecule has 0 heterocycles. The van der Waals surface area contributed by atoms with Gasteiger partial charge in [0.2, 0.25) is 0 Å². The number of carbonyl (C=O) groups is 3. The number of carboxylic acids is 1. The standard InChI is InChI=1S/C25H34O6/c1-5-6-11-24(2,3)16-13-19(27)23(20(14-16)31-22(30)10-9-21(28)29)25(4)15-7-8-18(26)17(25)12-15/h9-10,13-15,17,19,23,27H,5-8,11-12H2,1-4H3,(H,28,29)/b10-9+/t15?,17?,19?,23?,25-/m0/s1. The molecule has 2 bridgehead atoms. The number of ketones is 1. The van der Waals surface area contributed by atoms with Crippen molar-refractivity contribution in [3.63, 3.8) is 0 Å². The van der Waals surface area contributed by atoms with Crippen LogP contribution in [-0.4, -0.2) is 34.0 Å². The van der Waals surface area contributed by atoms with Gasteiger partial charge in [-0.05, 0) is 47.7 Å². The molecule has 0 aromatic rings. The van der Waals surface area contributed by atoms with Crippen LogP contribution in [0.25, 0.3) is 0 Å². The van der Waals surface area contributed by atoms with E-state index in [-0.39, 0.29) is 23.0 Å². The molecule has 0 aliphatic heterocycles. The maximum atomic E-state index is 12.5. The molecule has 3 aliphatic rings. The number of Topliss-reactive ketones (excluding diaryl/α,β-unsaturated/α-hetero) is 1. The molecule has 0 radical (unpaired) electrons. The topological polar surface area (TPSA) is 101 Å². The van der Waals surface area contributed by atoms with Crippen LogP contribution in [0.2, 0.25) is 0 Å². The molecule has 0 amide bonds. The van der Waals surface area contributed by atoms with Gasteiger partial charge >= 0.3 is 11.9 Å². The molecule has 2 saturated carbocycles. The first kappa shape index (κ1) is 23.5.